The van der Waals surface area contributed by atoms with E-state index in [0.717, 1.165) is 12.1 Å². The molecule has 2 nitrogen and oxygen atoms in total. The van der Waals surface area contributed by atoms with E-state index in [1.807, 2.05) is 0 Å². The third kappa shape index (κ3) is 0.970. The first-order valence-corrected chi connectivity index (χ1v) is 3.93. The van der Waals surface area contributed by atoms with Crippen LogP contribution in [0.15, 0.2) is 0 Å². The second kappa shape index (κ2) is 2.27. The van der Waals surface area contributed by atoms with Crippen LogP contribution in [0, 0.1) is 0 Å². The minimum atomic E-state index is 0.804. The lowest BCUT2D eigenvalue weighted by Crippen LogP contribution is -2.52. The second-order valence-electron chi connectivity index (χ2n) is 3.05. The molecule has 0 unspecified atom stereocenters. The molecule has 2 fully saturated rings. The molecule has 0 aromatic rings. The van der Waals surface area contributed by atoms with Crippen LogP contribution in [0.25, 0.3) is 0 Å². The van der Waals surface area contributed by atoms with E-state index in [9.17, 15) is 0 Å². The third-order valence-corrected chi connectivity index (χ3v) is 2.45. The largest absolute Gasteiger partial charge is 0.311 e. The summed E-state index contributed by atoms with van der Waals surface area (Å²) in [5, 5.41) is 7.04. The number of nitrogens with one attached hydrogen (secondary N) is 2. The summed E-state index contributed by atoms with van der Waals surface area (Å²) in [5.41, 5.74) is 0. The Labute approximate surface area is 56.0 Å². The normalized spacial score (nSPS) is 42.7. The van der Waals surface area contributed by atoms with Gasteiger partial charge >= 0.3 is 0 Å². The predicted molar refractivity (Wildman–Crippen MR) is 37.4 cm³/mol. The average molecular weight is 126 g/mol. The van der Waals surface area contributed by atoms with Gasteiger partial charge in [-0.25, -0.2) is 0 Å². The molecule has 0 aromatic carbocycles. The van der Waals surface area contributed by atoms with Crippen molar-refractivity contribution in [2.45, 2.75) is 31.3 Å². The molecule has 1 saturated carbocycles. The predicted octanol–water partition coefficient (Wildman–Crippen LogP) is 0.100. The van der Waals surface area contributed by atoms with Crippen molar-refractivity contribution in [3.63, 3.8) is 0 Å². The van der Waals surface area contributed by atoms with Gasteiger partial charge in [0.1, 0.15) is 0 Å². The summed E-state index contributed by atoms with van der Waals surface area (Å²) >= 11 is 0. The standard InChI is InChI=1S/C7H14N2/c1-2-6-7(3-1)9-5-4-8-6/h6-9H,1-5H2/t6-,7-/m0/s1. The van der Waals surface area contributed by atoms with Crippen molar-refractivity contribution in [2.24, 2.45) is 0 Å². The van der Waals surface area contributed by atoms with Gasteiger partial charge in [0.2, 0.25) is 0 Å². The van der Waals surface area contributed by atoms with Gasteiger partial charge < -0.3 is 10.6 Å². The molecule has 1 aliphatic heterocycles. The monoisotopic (exact) mass is 126 g/mol. The number of fused-ring (bicyclic) bond motifs is 1. The molecule has 0 spiro atoms. The highest BCUT2D eigenvalue weighted by Crippen LogP contribution is 2.19. The quantitative estimate of drug-likeness (QED) is 0.481. The van der Waals surface area contributed by atoms with E-state index in [0.29, 0.717) is 0 Å². The van der Waals surface area contributed by atoms with Crippen molar-refractivity contribution in [2.75, 3.05) is 13.1 Å². The Bertz CT molecular complexity index is 91.1. The van der Waals surface area contributed by atoms with Crippen LogP contribution in [0.1, 0.15) is 19.3 Å². The molecule has 2 heteroatoms. The van der Waals surface area contributed by atoms with E-state index >= 15 is 0 Å². The highest BCUT2D eigenvalue weighted by Gasteiger charge is 2.28. The van der Waals surface area contributed by atoms with Crippen LogP contribution in [0.5, 0.6) is 0 Å². The summed E-state index contributed by atoms with van der Waals surface area (Å²) in [4.78, 5) is 0. The van der Waals surface area contributed by atoms with Crippen LogP contribution in [-0.2, 0) is 0 Å². The van der Waals surface area contributed by atoms with Crippen LogP contribution in [-0.4, -0.2) is 25.2 Å². The van der Waals surface area contributed by atoms with Gasteiger partial charge in [-0.1, -0.05) is 6.42 Å². The average Bonchev–Trinajstić information content (AvgIpc) is 2.33. The van der Waals surface area contributed by atoms with E-state index in [-0.39, 0.29) is 0 Å². The van der Waals surface area contributed by atoms with Crippen LogP contribution >= 0.6 is 0 Å². The van der Waals surface area contributed by atoms with E-state index in [1.165, 1.54) is 32.4 Å². The highest BCUT2D eigenvalue weighted by molar-refractivity contribution is 4.91. The van der Waals surface area contributed by atoms with Gasteiger partial charge in [0, 0.05) is 25.2 Å². The summed E-state index contributed by atoms with van der Waals surface area (Å²) in [6.07, 6.45) is 4.19. The first kappa shape index (κ1) is 5.69. The molecule has 0 radical (unpaired) electrons. The molecule has 52 valence electrons. The number of rotatable bonds is 0. The fraction of sp³-hybridized carbons (Fsp3) is 1.00. The molecule has 1 heterocycles. The van der Waals surface area contributed by atoms with Crippen LogP contribution < -0.4 is 10.6 Å². The van der Waals surface area contributed by atoms with Gasteiger partial charge in [0.25, 0.3) is 0 Å². The fourth-order valence-electron chi connectivity index (χ4n) is 1.96. The van der Waals surface area contributed by atoms with Crippen molar-refractivity contribution in [1.29, 1.82) is 0 Å². The maximum atomic E-state index is 3.52. The van der Waals surface area contributed by atoms with Gasteiger partial charge in [0.15, 0.2) is 0 Å². The number of hydrogen-bond acceptors (Lipinski definition) is 2. The van der Waals surface area contributed by atoms with Crippen molar-refractivity contribution < 1.29 is 0 Å². The Morgan fingerprint density at radius 1 is 0.889 bits per heavy atom. The van der Waals surface area contributed by atoms with Crippen LogP contribution in [0.4, 0.5) is 0 Å². The van der Waals surface area contributed by atoms with Gasteiger partial charge in [0.05, 0.1) is 0 Å². The third-order valence-electron chi connectivity index (χ3n) is 2.45. The lowest BCUT2D eigenvalue weighted by molar-refractivity contribution is 0.358. The van der Waals surface area contributed by atoms with Gasteiger partial charge in [-0.3, -0.25) is 0 Å². The van der Waals surface area contributed by atoms with Crippen LogP contribution in [0.3, 0.4) is 0 Å². The molecule has 0 bridgehead atoms. The summed E-state index contributed by atoms with van der Waals surface area (Å²) in [7, 11) is 0. The molecule has 2 N–H and O–H groups in total. The molecule has 2 rings (SSSR count). The zero-order valence-electron chi connectivity index (χ0n) is 5.69. The van der Waals surface area contributed by atoms with Crippen molar-refractivity contribution >= 4 is 0 Å². The van der Waals surface area contributed by atoms with Crippen molar-refractivity contribution in [3.05, 3.63) is 0 Å². The second-order valence-corrected chi connectivity index (χ2v) is 3.05. The maximum Gasteiger partial charge on any atom is 0.0221 e. The molecule has 0 aromatic heterocycles. The summed E-state index contributed by atoms with van der Waals surface area (Å²) < 4.78 is 0. The van der Waals surface area contributed by atoms with Crippen LogP contribution in [0.2, 0.25) is 0 Å². The molecule has 0 amide bonds. The zero-order valence-corrected chi connectivity index (χ0v) is 5.69. The zero-order chi connectivity index (χ0) is 6.10. The van der Waals surface area contributed by atoms with Crippen molar-refractivity contribution in [3.8, 4) is 0 Å². The van der Waals surface area contributed by atoms with E-state index in [2.05, 4.69) is 10.6 Å². The highest BCUT2D eigenvalue weighted by atomic mass is 15.1. The Morgan fingerprint density at radius 2 is 1.44 bits per heavy atom. The molecule has 2 aliphatic rings. The summed E-state index contributed by atoms with van der Waals surface area (Å²) in [6, 6.07) is 1.61. The Morgan fingerprint density at radius 3 is 2.00 bits per heavy atom. The van der Waals surface area contributed by atoms with Gasteiger partial charge in [-0.2, -0.15) is 0 Å². The minimum Gasteiger partial charge on any atom is -0.311 e. The van der Waals surface area contributed by atoms with E-state index < -0.39 is 0 Å². The molecule has 1 saturated heterocycles. The first-order chi connectivity index (χ1) is 4.47. The maximum absolute atomic E-state index is 3.52. The summed E-state index contributed by atoms with van der Waals surface area (Å²) in [5.74, 6) is 0. The molecule has 1 aliphatic carbocycles. The summed E-state index contributed by atoms with van der Waals surface area (Å²) in [6.45, 7) is 2.34. The molecular weight excluding hydrogens is 112 g/mol. The molecular formula is C7H14N2. The first-order valence-electron chi connectivity index (χ1n) is 3.93. The number of piperazine rings is 1. The Kier molecular flexibility index (Phi) is 1.44. The van der Waals surface area contributed by atoms with E-state index in [4.69, 9.17) is 0 Å². The van der Waals surface area contributed by atoms with Gasteiger partial charge in [-0.05, 0) is 12.8 Å². The lowest BCUT2D eigenvalue weighted by Gasteiger charge is -2.27. The Hall–Kier alpha value is -0.0800. The number of hydrogen-bond donors (Lipinski definition) is 2. The Balaban J connectivity index is 1.97. The molecule has 9 heavy (non-hydrogen) atoms. The molecule has 2 atom stereocenters. The van der Waals surface area contributed by atoms with Gasteiger partial charge in [-0.15, -0.1) is 0 Å². The smallest absolute Gasteiger partial charge is 0.0221 e. The van der Waals surface area contributed by atoms with E-state index in [1.54, 1.807) is 0 Å². The fourth-order valence-corrected chi connectivity index (χ4v) is 1.96. The minimum absolute atomic E-state index is 0.804. The topological polar surface area (TPSA) is 24.1 Å². The lowest BCUT2D eigenvalue weighted by atomic mass is 10.1. The SMILES string of the molecule is C1C[C@@H]2NCCN[C@H]2C1. The van der Waals surface area contributed by atoms with Crippen molar-refractivity contribution in [1.82, 2.24) is 10.6 Å².